The average Bonchev–Trinajstić information content (AvgIpc) is 3.28. The third-order valence-electron chi connectivity index (χ3n) is 13.0. The summed E-state index contributed by atoms with van der Waals surface area (Å²) in [5.41, 5.74) is 0. The van der Waals surface area contributed by atoms with E-state index in [1.165, 1.54) is 231 Å². The lowest BCUT2D eigenvalue weighted by molar-refractivity contribution is -0.143. The van der Waals surface area contributed by atoms with Crippen molar-refractivity contribution in [3.05, 3.63) is 24.3 Å². The molecule has 0 spiro atoms. The largest absolute Gasteiger partial charge is 0.466 e. The average molecular weight is 889 g/mol. The fourth-order valence-corrected chi connectivity index (χ4v) is 8.63. The van der Waals surface area contributed by atoms with E-state index in [0.717, 1.165) is 44.9 Å². The van der Waals surface area contributed by atoms with Gasteiger partial charge in [-0.2, -0.15) is 0 Å². The van der Waals surface area contributed by atoms with Crippen molar-refractivity contribution in [2.45, 2.75) is 315 Å². The van der Waals surface area contributed by atoms with Gasteiger partial charge in [0.2, 0.25) is 5.91 Å². The summed E-state index contributed by atoms with van der Waals surface area (Å²) in [6.07, 6.45) is 63.4. The molecular weight excluding hydrogens is 779 g/mol. The van der Waals surface area contributed by atoms with Gasteiger partial charge in [-0.1, -0.05) is 256 Å². The van der Waals surface area contributed by atoms with Crippen LogP contribution in [0.5, 0.6) is 0 Å². The zero-order valence-corrected chi connectivity index (χ0v) is 42.3. The van der Waals surface area contributed by atoms with Gasteiger partial charge in [-0.05, 0) is 57.8 Å². The van der Waals surface area contributed by atoms with E-state index in [1.54, 1.807) is 6.08 Å². The maximum absolute atomic E-state index is 12.4. The summed E-state index contributed by atoms with van der Waals surface area (Å²) in [6.45, 7) is 4.88. The van der Waals surface area contributed by atoms with Crippen LogP contribution >= 0.6 is 0 Å². The number of aliphatic hydroxyl groups excluding tert-OH is 2. The second-order valence-corrected chi connectivity index (χ2v) is 19.3. The highest BCUT2D eigenvalue weighted by Crippen LogP contribution is 2.17. The first-order valence-corrected chi connectivity index (χ1v) is 28.1. The lowest BCUT2D eigenvalue weighted by Gasteiger charge is -2.20. The molecule has 0 aliphatic carbocycles. The molecule has 0 radical (unpaired) electrons. The van der Waals surface area contributed by atoms with Crippen LogP contribution in [-0.2, 0) is 14.3 Å². The molecule has 0 rings (SSSR count). The molecule has 1 amide bonds. The Morgan fingerprint density at radius 3 is 1.13 bits per heavy atom. The van der Waals surface area contributed by atoms with E-state index in [-0.39, 0.29) is 18.5 Å². The van der Waals surface area contributed by atoms with Crippen LogP contribution < -0.4 is 5.32 Å². The van der Waals surface area contributed by atoms with Gasteiger partial charge in [-0.3, -0.25) is 9.59 Å². The van der Waals surface area contributed by atoms with Crippen molar-refractivity contribution in [1.29, 1.82) is 0 Å². The minimum absolute atomic E-state index is 0.000775. The molecule has 6 nitrogen and oxygen atoms in total. The molecule has 2 unspecified atom stereocenters. The molecule has 63 heavy (non-hydrogen) atoms. The van der Waals surface area contributed by atoms with Gasteiger partial charge < -0.3 is 20.3 Å². The van der Waals surface area contributed by atoms with E-state index in [1.807, 2.05) is 6.08 Å². The van der Waals surface area contributed by atoms with E-state index < -0.39 is 12.1 Å². The minimum atomic E-state index is -0.844. The summed E-state index contributed by atoms with van der Waals surface area (Å²) < 4.78 is 5.48. The standard InChI is InChI=1S/C57H109NO5/c1-3-5-7-9-11-13-15-16-17-24-27-31-35-39-43-47-51-57(62)63-52-48-44-40-36-32-28-25-22-20-18-19-21-23-26-30-34-38-42-46-50-56(61)58-54(53-59)55(60)49-45-41-37-33-29-14-12-10-8-6-4-2/h17,24,45,49,54-55,59-60H,3-16,18-23,25-44,46-48,50-53H2,1-2H3,(H,58,61)/b24-17-,49-45+. The molecule has 0 aliphatic heterocycles. The van der Waals surface area contributed by atoms with E-state index in [2.05, 4.69) is 31.3 Å². The molecule has 6 heteroatoms. The molecule has 0 aliphatic rings. The van der Waals surface area contributed by atoms with E-state index >= 15 is 0 Å². The Bertz CT molecular complexity index is 982. The van der Waals surface area contributed by atoms with E-state index in [0.29, 0.717) is 19.4 Å². The number of hydrogen-bond donors (Lipinski definition) is 3. The lowest BCUT2D eigenvalue weighted by Crippen LogP contribution is -2.45. The Morgan fingerprint density at radius 2 is 0.746 bits per heavy atom. The minimum Gasteiger partial charge on any atom is -0.466 e. The molecule has 372 valence electrons. The van der Waals surface area contributed by atoms with Crippen LogP contribution in [0, 0.1) is 0 Å². The fourth-order valence-electron chi connectivity index (χ4n) is 8.63. The summed E-state index contributed by atoms with van der Waals surface area (Å²) in [4.78, 5) is 24.5. The number of nitrogens with one attached hydrogen (secondary N) is 1. The smallest absolute Gasteiger partial charge is 0.305 e. The van der Waals surface area contributed by atoms with Crippen LogP contribution in [0.2, 0.25) is 0 Å². The van der Waals surface area contributed by atoms with Gasteiger partial charge in [0, 0.05) is 12.8 Å². The van der Waals surface area contributed by atoms with Crippen LogP contribution in [0.25, 0.3) is 0 Å². The van der Waals surface area contributed by atoms with Crippen molar-refractivity contribution >= 4 is 11.9 Å². The number of rotatable bonds is 52. The molecule has 3 N–H and O–H groups in total. The Balaban J connectivity index is 3.40. The molecule has 0 saturated carbocycles. The highest BCUT2D eigenvalue weighted by atomic mass is 16.5. The number of carbonyl (C=O) groups excluding carboxylic acids is 2. The molecule has 0 aromatic carbocycles. The van der Waals surface area contributed by atoms with Gasteiger partial charge in [-0.25, -0.2) is 0 Å². The first-order valence-electron chi connectivity index (χ1n) is 28.1. The quantitative estimate of drug-likeness (QED) is 0.0321. The Morgan fingerprint density at radius 1 is 0.429 bits per heavy atom. The maximum atomic E-state index is 12.4. The zero-order chi connectivity index (χ0) is 45.8. The molecule has 0 aromatic heterocycles. The number of aliphatic hydroxyl groups is 2. The number of esters is 1. The monoisotopic (exact) mass is 888 g/mol. The highest BCUT2D eigenvalue weighted by Gasteiger charge is 2.18. The Labute approximate surface area is 392 Å². The topological polar surface area (TPSA) is 95.9 Å². The first-order chi connectivity index (χ1) is 31.0. The van der Waals surface area contributed by atoms with Gasteiger partial charge in [0.25, 0.3) is 0 Å². The number of amides is 1. The number of allylic oxidation sites excluding steroid dienone is 3. The molecule has 0 saturated heterocycles. The predicted molar refractivity (Wildman–Crippen MR) is 273 cm³/mol. The van der Waals surface area contributed by atoms with Gasteiger partial charge >= 0.3 is 5.97 Å². The normalized spacial score (nSPS) is 12.8. The highest BCUT2D eigenvalue weighted by molar-refractivity contribution is 5.76. The Kier molecular flexibility index (Phi) is 51.6. The fraction of sp³-hybridized carbons (Fsp3) is 0.895. The predicted octanol–water partition coefficient (Wildman–Crippen LogP) is 17.1. The number of unbranched alkanes of at least 4 members (excludes halogenated alkanes) is 39. The van der Waals surface area contributed by atoms with Crippen LogP contribution in [0.15, 0.2) is 24.3 Å². The van der Waals surface area contributed by atoms with Crippen LogP contribution in [-0.4, -0.2) is 47.4 Å². The van der Waals surface area contributed by atoms with Gasteiger partial charge in [0.15, 0.2) is 0 Å². The third kappa shape index (κ3) is 49.6. The second-order valence-electron chi connectivity index (χ2n) is 19.3. The van der Waals surface area contributed by atoms with Crippen LogP contribution in [0.4, 0.5) is 0 Å². The molecule has 0 bridgehead atoms. The van der Waals surface area contributed by atoms with Gasteiger partial charge in [-0.15, -0.1) is 0 Å². The molecular formula is C57H109NO5. The van der Waals surface area contributed by atoms with Crippen molar-refractivity contribution in [2.24, 2.45) is 0 Å². The summed E-state index contributed by atoms with van der Waals surface area (Å²) in [7, 11) is 0. The van der Waals surface area contributed by atoms with Crippen LogP contribution in [0.1, 0.15) is 303 Å². The molecule has 0 heterocycles. The number of ether oxygens (including phenoxy) is 1. The van der Waals surface area contributed by atoms with Crippen molar-refractivity contribution in [3.8, 4) is 0 Å². The number of carbonyl (C=O) groups is 2. The summed E-state index contributed by atoms with van der Waals surface area (Å²) in [5, 5.41) is 23.0. The summed E-state index contributed by atoms with van der Waals surface area (Å²) >= 11 is 0. The van der Waals surface area contributed by atoms with Crippen molar-refractivity contribution < 1.29 is 24.5 Å². The van der Waals surface area contributed by atoms with Gasteiger partial charge in [0.05, 0.1) is 25.4 Å². The van der Waals surface area contributed by atoms with Crippen LogP contribution in [0.3, 0.4) is 0 Å². The SMILES string of the molecule is CCCCCCCCC/C=C\CCCCCCCC(=O)OCCCCCCCCCCCCCCCCCCCCCC(=O)NC(CO)C(O)/C=C/CCCCCCCCCCC. The van der Waals surface area contributed by atoms with Crippen molar-refractivity contribution in [3.63, 3.8) is 0 Å². The lowest BCUT2D eigenvalue weighted by atomic mass is 10.0. The molecule has 0 fully saturated rings. The second kappa shape index (κ2) is 53.0. The molecule has 2 atom stereocenters. The zero-order valence-electron chi connectivity index (χ0n) is 42.3. The summed E-state index contributed by atoms with van der Waals surface area (Å²) in [5.74, 6) is -0.0711. The molecule has 0 aromatic rings. The third-order valence-corrected chi connectivity index (χ3v) is 13.0. The number of hydrogen-bond acceptors (Lipinski definition) is 5. The van der Waals surface area contributed by atoms with Gasteiger partial charge in [0.1, 0.15) is 0 Å². The van der Waals surface area contributed by atoms with Crippen molar-refractivity contribution in [2.75, 3.05) is 13.2 Å². The maximum Gasteiger partial charge on any atom is 0.305 e. The van der Waals surface area contributed by atoms with E-state index in [9.17, 15) is 19.8 Å². The summed E-state index contributed by atoms with van der Waals surface area (Å²) in [6, 6.07) is -0.628. The first kappa shape index (κ1) is 61.3. The van der Waals surface area contributed by atoms with E-state index in [4.69, 9.17) is 4.74 Å². The van der Waals surface area contributed by atoms with Crippen molar-refractivity contribution in [1.82, 2.24) is 5.32 Å². The Hall–Kier alpha value is -1.66.